The Morgan fingerprint density at radius 3 is 2.58 bits per heavy atom. The Hall–Kier alpha value is -2.98. The molecular formula is C23H25BrN4O4S. The number of ether oxygens (including phenoxy) is 1. The number of hydrogen-bond donors (Lipinski definition) is 3. The number of amides is 3. The quantitative estimate of drug-likeness (QED) is 0.390. The average Bonchev–Trinajstić information content (AvgIpc) is 3.14. The molecule has 1 aliphatic rings. The fourth-order valence-electron chi connectivity index (χ4n) is 3.32. The van der Waals surface area contributed by atoms with Gasteiger partial charge in [0.1, 0.15) is 5.75 Å². The van der Waals surface area contributed by atoms with Gasteiger partial charge in [0.05, 0.1) is 16.5 Å². The molecule has 8 nitrogen and oxygen atoms in total. The van der Waals surface area contributed by atoms with Gasteiger partial charge in [0.25, 0.3) is 5.91 Å². The number of hydrogen-bond acceptors (Lipinski definition) is 5. The molecule has 174 valence electrons. The summed E-state index contributed by atoms with van der Waals surface area (Å²) in [5, 5.41) is 2.45. The van der Waals surface area contributed by atoms with Crippen molar-refractivity contribution in [3.8, 4) is 5.75 Å². The van der Waals surface area contributed by atoms with Crippen LogP contribution in [-0.4, -0.2) is 40.4 Å². The third kappa shape index (κ3) is 7.00. The molecule has 1 heterocycles. The molecule has 2 aromatic rings. The minimum Gasteiger partial charge on any atom is -0.490 e. The zero-order valence-corrected chi connectivity index (χ0v) is 20.7. The highest BCUT2D eigenvalue weighted by Gasteiger charge is 2.34. The number of thiocarbonyl (C=S) groups is 1. The largest absolute Gasteiger partial charge is 0.490 e. The minimum atomic E-state index is -0.503. The van der Waals surface area contributed by atoms with E-state index in [1.165, 1.54) is 0 Å². The first-order valence-electron chi connectivity index (χ1n) is 10.4. The van der Waals surface area contributed by atoms with E-state index in [-0.39, 0.29) is 29.5 Å². The molecule has 3 amide bonds. The molecule has 0 bridgehead atoms. The predicted octanol–water partition coefficient (Wildman–Crippen LogP) is 2.92. The van der Waals surface area contributed by atoms with Gasteiger partial charge < -0.3 is 9.64 Å². The van der Waals surface area contributed by atoms with Crippen LogP contribution in [0.4, 0.5) is 0 Å². The molecular weight excluding hydrogens is 508 g/mol. The second-order valence-corrected chi connectivity index (χ2v) is 9.13. The summed E-state index contributed by atoms with van der Waals surface area (Å²) < 4.78 is 6.27. The van der Waals surface area contributed by atoms with Gasteiger partial charge in [-0.05, 0) is 65.8 Å². The van der Waals surface area contributed by atoms with Crippen LogP contribution < -0.4 is 20.9 Å². The third-order valence-corrected chi connectivity index (χ3v) is 5.71. The lowest BCUT2D eigenvalue weighted by molar-refractivity contribution is -0.129. The lowest BCUT2D eigenvalue weighted by Gasteiger charge is -2.17. The average molecular weight is 533 g/mol. The maximum atomic E-state index is 12.5. The van der Waals surface area contributed by atoms with Crippen molar-refractivity contribution in [2.24, 2.45) is 5.92 Å². The summed E-state index contributed by atoms with van der Waals surface area (Å²) in [6.07, 6.45) is 0.125. The highest BCUT2D eigenvalue weighted by atomic mass is 79.9. The van der Waals surface area contributed by atoms with Gasteiger partial charge in [0.15, 0.2) is 5.11 Å². The van der Waals surface area contributed by atoms with Gasteiger partial charge in [-0.2, -0.15) is 0 Å². The second-order valence-electron chi connectivity index (χ2n) is 7.87. The number of rotatable bonds is 6. The summed E-state index contributed by atoms with van der Waals surface area (Å²) in [4.78, 5) is 38.8. The van der Waals surface area contributed by atoms with Crippen LogP contribution >= 0.6 is 28.1 Å². The number of carbonyl (C=O) groups is 3. The summed E-state index contributed by atoms with van der Waals surface area (Å²) in [7, 11) is 0. The molecule has 1 fully saturated rings. The van der Waals surface area contributed by atoms with Crippen molar-refractivity contribution in [3.05, 3.63) is 64.1 Å². The van der Waals surface area contributed by atoms with Crippen molar-refractivity contribution in [2.45, 2.75) is 32.9 Å². The number of carbonyl (C=O) groups excluding carboxylic acids is 3. The Labute approximate surface area is 206 Å². The van der Waals surface area contributed by atoms with Crippen LogP contribution in [0, 0.1) is 5.92 Å². The first-order valence-corrected chi connectivity index (χ1v) is 11.6. The molecule has 2 aromatic carbocycles. The molecule has 1 saturated heterocycles. The Bertz CT molecular complexity index is 1050. The van der Waals surface area contributed by atoms with Crippen molar-refractivity contribution in [1.82, 2.24) is 21.1 Å². The van der Waals surface area contributed by atoms with E-state index in [0.717, 1.165) is 5.56 Å². The number of likely N-dealkylation sites (tertiary alicyclic amines) is 1. The Morgan fingerprint density at radius 1 is 1.18 bits per heavy atom. The number of nitrogens with one attached hydrogen (secondary N) is 3. The van der Waals surface area contributed by atoms with E-state index >= 15 is 0 Å². The van der Waals surface area contributed by atoms with Crippen LogP contribution in [0.3, 0.4) is 0 Å². The molecule has 0 saturated carbocycles. The first kappa shape index (κ1) is 24.7. The fraction of sp³-hybridized carbons (Fsp3) is 0.304. The summed E-state index contributed by atoms with van der Waals surface area (Å²) in [5.41, 5.74) is 6.37. The lowest BCUT2D eigenvalue weighted by Crippen LogP contribution is -2.50. The van der Waals surface area contributed by atoms with Gasteiger partial charge in [0, 0.05) is 25.1 Å². The third-order valence-electron chi connectivity index (χ3n) is 4.88. The van der Waals surface area contributed by atoms with Crippen LogP contribution in [0.1, 0.15) is 36.2 Å². The van der Waals surface area contributed by atoms with E-state index in [9.17, 15) is 14.4 Å². The highest BCUT2D eigenvalue weighted by molar-refractivity contribution is 9.10. The number of benzene rings is 2. The summed E-state index contributed by atoms with van der Waals surface area (Å²) in [6, 6.07) is 14.5. The smallest absolute Gasteiger partial charge is 0.257 e. The topological polar surface area (TPSA) is 99.8 Å². The minimum absolute atomic E-state index is 0.00180. The molecule has 0 aliphatic carbocycles. The van der Waals surface area contributed by atoms with Crippen molar-refractivity contribution in [2.75, 3.05) is 6.54 Å². The molecule has 0 spiro atoms. The standard InChI is InChI=1S/C23H25BrN4O4S/c1-14(2)32-19-9-8-16(10-18(19)24)21(30)25-23(33)27-26-22(31)17-11-20(29)28(13-17)12-15-6-4-3-5-7-15/h3-10,14,17H,11-13H2,1-2H3,(H,26,31)(H2,25,27,30,33). The second kappa shape index (κ2) is 11.2. The Balaban J connectivity index is 1.46. The van der Waals surface area contributed by atoms with Gasteiger partial charge in [-0.1, -0.05) is 30.3 Å². The van der Waals surface area contributed by atoms with Crippen molar-refractivity contribution in [1.29, 1.82) is 0 Å². The van der Waals surface area contributed by atoms with Crippen molar-refractivity contribution < 1.29 is 19.1 Å². The zero-order chi connectivity index (χ0) is 24.0. The normalized spacial score (nSPS) is 15.3. The monoisotopic (exact) mass is 532 g/mol. The van der Waals surface area contributed by atoms with Crippen molar-refractivity contribution in [3.63, 3.8) is 0 Å². The van der Waals surface area contributed by atoms with Gasteiger partial charge in [-0.15, -0.1) is 0 Å². The zero-order valence-electron chi connectivity index (χ0n) is 18.3. The van der Waals surface area contributed by atoms with Gasteiger partial charge in [-0.25, -0.2) is 0 Å². The Morgan fingerprint density at radius 2 is 1.91 bits per heavy atom. The fourth-order valence-corrected chi connectivity index (χ4v) is 3.94. The highest BCUT2D eigenvalue weighted by Crippen LogP contribution is 2.27. The lowest BCUT2D eigenvalue weighted by atomic mass is 10.1. The van der Waals surface area contributed by atoms with E-state index in [1.807, 2.05) is 44.2 Å². The molecule has 3 N–H and O–H groups in total. The van der Waals surface area contributed by atoms with E-state index in [2.05, 4.69) is 32.1 Å². The van der Waals surface area contributed by atoms with E-state index < -0.39 is 11.8 Å². The number of nitrogens with zero attached hydrogens (tertiary/aromatic N) is 1. The van der Waals surface area contributed by atoms with Gasteiger partial charge in [-0.3, -0.25) is 30.6 Å². The maximum Gasteiger partial charge on any atom is 0.257 e. The molecule has 0 aromatic heterocycles. The van der Waals surface area contributed by atoms with E-state index in [1.54, 1.807) is 23.1 Å². The number of hydrazine groups is 1. The van der Waals surface area contributed by atoms with Gasteiger partial charge >= 0.3 is 0 Å². The van der Waals surface area contributed by atoms with Crippen LogP contribution in [-0.2, 0) is 16.1 Å². The van der Waals surface area contributed by atoms with Crippen LogP contribution in [0.5, 0.6) is 5.75 Å². The molecule has 3 rings (SSSR count). The first-order chi connectivity index (χ1) is 15.7. The summed E-state index contributed by atoms with van der Waals surface area (Å²) >= 11 is 8.49. The molecule has 1 atom stereocenters. The maximum absolute atomic E-state index is 12.5. The summed E-state index contributed by atoms with van der Waals surface area (Å²) in [6.45, 7) is 4.60. The number of halogens is 1. The molecule has 1 aliphatic heterocycles. The summed E-state index contributed by atoms with van der Waals surface area (Å²) in [5.74, 6) is -0.763. The van der Waals surface area contributed by atoms with Crippen LogP contribution in [0.15, 0.2) is 53.0 Å². The van der Waals surface area contributed by atoms with E-state index in [0.29, 0.717) is 28.9 Å². The van der Waals surface area contributed by atoms with Crippen molar-refractivity contribution >= 4 is 51.0 Å². The van der Waals surface area contributed by atoms with Gasteiger partial charge in [0.2, 0.25) is 11.8 Å². The molecule has 1 unspecified atom stereocenters. The van der Waals surface area contributed by atoms with Crippen LogP contribution in [0.25, 0.3) is 0 Å². The van der Waals surface area contributed by atoms with Crippen LogP contribution in [0.2, 0.25) is 0 Å². The Kier molecular flexibility index (Phi) is 8.40. The molecule has 0 radical (unpaired) electrons. The molecule has 10 heteroatoms. The predicted molar refractivity (Wildman–Crippen MR) is 131 cm³/mol. The SMILES string of the molecule is CC(C)Oc1ccc(C(=O)NC(=S)NNC(=O)C2CC(=O)N(Cc3ccccc3)C2)cc1Br. The van der Waals surface area contributed by atoms with E-state index in [4.69, 9.17) is 17.0 Å². The molecule has 33 heavy (non-hydrogen) atoms.